The van der Waals surface area contributed by atoms with Gasteiger partial charge in [-0.1, -0.05) is 34.8 Å². The highest BCUT2D eigenvalue weighted by Crippen LogP contribution is 2.36. The molecule has 0 N–H and O–H groups in total. The molecule has 0 atom stereocenters. The van der Waals surface area contributed by atoms with Crippen LogP contribution in [0, 0.1) is 6.92 Å². The van der Waals surface area contributed by atoms with E-state index in [0.717, 1.165) is 0 Å². The Kier molecular flexibility index (Phi) is 2.90. The van der Waals surface area contributed by atoms with Crippen molar-refractivity contribution in [1.82, 2.24) is 9.55 Å². The lowest BCUT2D eigenvalue weighted by atomic mass is 10.3. The quantitative estimate of drug-likeness (QED) is 0.651. The molecular weight excluding hydrogens is 234 g/mol. The molecule has 0 unspecified atom stereocenters. The number of halogens is 3. The van der Waals surface area contributed by atoms with Gasteiger partial charge in [-0.3, -0.25) is 4.57 Å². The maximum Gasteiger partial charge on any atom is 0.347 e. The van der Waals surface area contributed by atoms with Crippen molar-refractivity contribution >= 4 is 34.8 Å². The van der Waals surface area contributed by atoms with Gasteiger partial charge < -0.3 is 0 Å². The first kappa shape index (κ1) is 10.8. The fourth-order valence-corrected chi connectivity index (χ4v) is 1.09. The van der Waals surface area contributed by atoms with Crippen LogP contribution in [0.2, 0.25) is 0 Å². The average Bonchev–Trinajstić information content (AvgIpc) is 1.97. The summed E-state index contributed by atoms with van der Waals surface area (Å²) >= 11 is 16.7. The van der Waals surface area contributed by atoms with E-state index in [0.29, 0.717) is 5.69 Å². The van der Waals surface area contributed by atoms with Crippen LogP contribution >= 0.6 is 34.8 Å². The minimum absolute atomic E-state index is 0.151. The Bertz CT molecular complexity index is 380. The molecule has 0 aromatic carbocycles. The Hall–Kier alpha value is -0.250. The molecule has 0 aliphatic carbocycles. The van der Waals surface area contributed by atoms with Crippen LogP contribution in [-0.2, 0) is 10.8 Å². The van der Waals surface area contributed by atoms with Gasteiger partial charge in [0.05, 0.1) is 5.69 Å². The Morgan fingerprint density at radius 2 is 2.00 bits per heavy atom. The number of rotatable bonds is 0. The fraction of sp³-hybridized carbons (Fsp3) is 0.429. The molecule has 0 saturated heterocycles. The maximum absolute atomic E-state index is 11.2. The summed E-state index contributed by atoms with van der Waals surface area (Å²) in [4.78, 5) is 14.8. The summed E-state index contributed by atoms with van der Waals surface area (Å²) in [5.41, 5.74) is 0.417. The average molecular weight is 242 g/mol. The number of hydrogen-bond donors (Lipinski definition) is 0. The molecule has 0 bridgehead atoms. The van der Waals surface area contributed by atoms with Crippen LogP contribution in [0.5, 0.6) is 0 Å². The Labute approximate surface area is 90.2 Å². The molecular formula is C7H7Cl3N2O. The van der Waals surface area contributed by atoms with Crippen molar-refractivity contribution in [2.75, 3.05) is 0 Å². The lowest BCUT2D eigenvalue weighted by Gasteiger charge is -2.11. The van der Waals surface area contributed by atoms with E-state index in [1.54, 1.807) is 20.0 Å². The highest BCUT2D eigenvalue weighted by molar-refractivity contribution is 6.66. The fourth-order valence-electron chi connectivity index (χ4n) is 0.801. The van der Waals surface area contributed by atoms with Crippen molar-refractivity contribution in [3.63, 3.8) is 0 Å². The van der Waals surface area contributed by atoms with Crippen molar-refractivity contribution < 1.29 is 0 Å². The number of nitrogens with zero attached hydrogens (tertiary/aromatic N) is 2. The van der Waals surface area contributed by atoms with Crippen LogP contribution in [0.1, 0.15) is 11.4 Å². The first-order valence-electron chi connectivity index (χ1n) is 3.44. The van der Waals surface area contributed by atoms with Gasteiger partial charge in [-0.15, -0.1) is 0 Å². The van der Waals surface area contributed by atoms with Gasteiger partial charge in [0.25, 0.3) is 0 Å². The predicted octanol–water partition coefficient (Wildman–Crippen LogP) is 1.92. The van der Waals surface area contributed by atoms with E-state index in [1.807, 2.05) is 0 Å². The highest BCUT2D eigenvalue weighted by atomic mass is 35.6. The molecule has 72 valence electrons. The number of aryl methyl sites for hydroxylation is 1. The summed E-state index contributed by atoms with van der Waals surface area (Å²) in [6.07, 6.45) is 0. The third-order valence-corrected chi connectivity index (χ3v) is 2.25. The van der Waals surface area contributed by atoms with Gasteiger partial charge >= 0.3 is 5.69 Å². The number of aromatic nitrogens is 2. The zero-order chi connectivity index (χ0) is 10.2. The van der Waals surface area contributed by atoms with Gasteiger partial charge in [0.1, 0.15) is 0 Å². The Morgan fingerprint density at radius 1 is 1.46 bits per heavy atom. The second kappa shape index (κ2) is 3.48. The van der Waals surface area contributed by atoms with E-state index in [2.05, 4.69) is 4.98 Å². The summed E-state index contributed by atoms with van der Waals surface area (Å²) < 4.78 is -0.266. The van der Waals surface area contributed by atoms with E-state index < -0.39 is 9.48 Å². The first-order valence-corrected chi connectivity index (χ1v) is 4.57. The van der Waals surface area contributed by atoms with Gasteiger partial charge in [0, 0.05) is 12.7 Å². The summed E-state index contributed by atoms with van der Waals surface area (Å²) in [6, 6.07) is 1.56. The van der Waals surface area contributed by atoms with E-state index in [4.69, 9.17) is 34.8 Å². The summed E-state index contributed by atoms with van der Waals surface area (Å²) in [6.45, 7) is 1.74. The lowest BCUT2D eigenvalue weighted by molar-refractivity contribution is 0.757. The minimum Gasteiger partial charge on any atom is -0.300 e. The van der Waals surface area contributed by atoms with E-state index in [9.17, 15) is 4.79 Å². The standard InChI is InChI=1S/C7H7Cl3N2O/c1-4-3-5(7(8,9)10)11-6(13)12(4)2/h3H,1-2H3. The molecule has 0 spiro atoms. The summed E-state index contributed by atoms with van der Waals surface area (Å²) in [5, 5.41) is 0. The zero-order valence-electron chi connectivity index (χ0n) is 7.01. The van der Waals surface area contributed by atoms with Gasteiger partial charge in [0.15, 0.2) is 0 Å². The minimum atomic E-state index is -1.64. The van der Waals surface area contributed by atoms with Crippen molar-refractivity contribution in [1.29, 1.82) is 0 Å². The first-order chi connectivity index (χ1) is 5.82. The molecule has 1 aromatic heterocycles. The molecule has 0 saturated carbocycles. The molecule has 1 heterocycles. The molecule has 1 aromatic rings. The van der Waals surface area contributed by atoms with Crippen molar-refractivity contribution in [2.24, 2.45) is 7.05 Å². The Morgan fingerprint density at radius 3 is 2.38 bits per heavy atom. The van der Waals surface area contributed by atoms with Crippen molar-refractivity contribution in [3.05, 3.63) is 27.9 Å². The highest BCUT2D eigenvalue weighted by Gasteiger charge is 2.25. The van der Waals surface area contributed by atoms with Crippen LogP contribution < -0.4 is 5.69 Å². The third-order valence-electron chi connectivity index (χ3n) is 1.67. The molecule has 0 radical (unpaired) electrons. The van der Waals surface area contributed by atoms with Crippen LogP contribution in [0.3, 0.4) is 0 Å². The molecule has 0 amide bonds. The molecule has 1 rings (SSSR count). The summed E-state index contributed by atoms with van der Waals surface area (Å²) in [7, 11) is 1.60. The number of alkyl halides is 3. The molecule has 6 heteroatoms. The molecule has 3 nitrogen and oxygen atoms in total. The third kappa shape index (κ3) is 2.36. The zero-order valence-corrected chi connectivity index (χ0v) is 9.28. The Balaban J connectivity index is 3.38. The maximum atomic E-state index is 11.2. The normalized spacial score (nSPS) is 11.8. The smallest absolute Gasteiger partial charge is 0.300 e. The van der Waals surface area contributed by atoms with Crippen LogP contribution in [-0.4, -0.2) is 9.55 Å². The van der Waals surface area contributed by atoms with Gasteiger partial charge in [-0.05, 0) is 13.0 Å². The number of hydrogen-bond acceptors (Lipinski definition) is 2. The van der Waals surface area contributed by atoms with Crippen LogP contribution in [0.15, 0.2) is 10.9 Å². The topological polar surface area (TPSA) is 34.9 Å². The van der Waals surface area contributed by atoms with E-state index in [-0.39, 0.29) is 5.69 Å². The second-order valence-electron chi connectivity index (χ2n) is 2.62. The second-order valence-corrected chi connectivity index (χ2v) is 4.90. The van der Waals surface area contributed by atoms with Crippen molar-refractivity contribution in [2.45, 2.75) is 10.7 Å². The van der Waals surface area contributed by atoms with E-state index in [1.165, 1.54) is 4.57 Å². The van der Waals surface area contributed by atoms with Gasteiger partial charge in [0.2, 0.25) is 3.79 Å². The SMILES string of the molecule is Cc1cc(C(Cl)(Cl)Cl)nc(=O)n1C. The van der Waals surface area contributed by atoms with Crippen LogP contribution in [0.4, 0.5) is 0 Å². The lowest BCUT2D eigenvalue weighted by Crippen LogP contribution is -2.25. The van der Waals surface area contributed by atoms with Gasteiger partial charge in [-0.2, -0.15) is 4.98 Å². The van der Waals surface area contributed by atoms with E-state index >= 15 is 0 Å². The molecule has 13 heavy (non-hydrogen) atoms. The molecule has 0 fully saturated rings. The molecule has 0 aliphatic heterocycles. The monoisotopic (exact) mass is 240 g/mol. The largest absolute Gasteiger partial charge is 0.347 e. The van der Waals surface area contributed by atoms with Crippen LogP contribution in [0.25, 0.3) is 0 Å². The predicted molar refractivity (Wildman–Crippen MR) is 53.5 cm³/mol. The van der Waals surface area contributed by atoms with Gasteiger partial charge in [-0.25, -0.2) is 4.79 Å². The van der Waals surface area contributed by atoms with Crippen molar-refractivity contribution in [3.8, 4) is 0 Å². The molecule has 0 aliphatic rings. The summed E-state index contributed by atoms with van der Waals surface area (Å²) in [5.74, 6) is 0.